The smallest absolute Gasteiger partial charge is 0.353 e. The number of benzene rings is 2. The molecule has 0 bridgehead atoms. The molecule has 0 atom stereocenters. The zero-order valence-electron chi connectivity index (χ0n) is 16.0. The molecule has 1 aliphatic heterocycles. The van der Waals surface area contributed by atoms with Gasteiger partial charge in [0, 0.05) is 31.6 Å². The van der Waals surface area contributed by atoms with E-state index >= 15 is 0 Å². The van der Waals surface area contributed by atoms with E-state index in [0.29, 0.717) is 5.39 Å². The molecule has 0 radical (unpaired) electrons. The van der Waals surface area contributed by atoms with Gasteiger partial charge in [-0.25, -0.2) is 18.4 Å². The Hall–Kier alpha value is -3.23. The first-order chi connectivity index (χ1) is 14.7. The van der Waals surface area contributed by atoms with E-state index in [1.165, 1.54) is 28.6 Å². The minimum atomic E-state index is -4.70. The van der Waals surface area contributed by atoms with E-state index in [0.717, 1.165) is 0 Å². The summed E-state index contributed by atoms with van der Waals surface area (Å²) in [7, 11) is -3.91. The van der Waals surface area contributed by atoms with Crippen LogP contribution in [0.2, 0.25) is 0 Å². The van der Waals surface area contributed by atoms with Crippen LogP contribution in [0.1, 0.15) is 11.4 Å². The predicted octanol–water partition coefficient (Wildman–Crippen LogP) is 3.03. The van der Waals surface area contributed by atoms with Crippen molar-refractivity contribution in [1.29, 1.82) is 5.26 Å². The van der Waals surface area contributed by atoms with Gasteiger partial charge in [-0.05, 0) is 24.3 Å². The maximum absolute atomic E-state index is 13.3. The van der Waals surface area contributed by atoms with Gasteiger partial charge >= 0.3 is 6.18 Å². The second-order valence-electron chi connectivity index (χ2n) is 6.88. The number of anilines is 1. The summed E-state index contributed by atoms with van der Waals surface area (Å²) in [4.78, 5) is 8.90. The van der Waals surface area contributed by atoms with Gasteiger partial charge in [0.2, 0.25) is 15.8 Å². The number of fused-ring (bicyclic) bond motifs is 1. The Labute approximate surface area is 176 Å². The molecule has 11 heteroatoms. The lowest BCUT2D eigenvalue weighted by molar-refractivity contribution is -0.144. The van der Waals surface area contributed by atoms with E-state index in [1.54, 1.807) is 29.2 Å². The van der Waals surface area contributed by atoms with Gasteiger partial charge < -0.3 is 4.90 Å². The third-order valence-electron chi connectivity index (χ3n) is 5.00. The van der Waals surface area contributed by atoms with Gasteiger partial charge in [-0.2, -0.15) is 22.7 Å². The van der Waals surface area contributed by atoms with Crippen LogP contribution in [-0.2, 0) is 16.2 Å². The van der Waals surface area contributed by atoms with Gasteiger partial charge in [-0.1, -0.05) is 24.3 Å². The zero-order chi connectivity index (χ0) is 22.2. The normalized spacial score (nSPS) is 15.7. The molecule has 4 rings (SSSR count). The molecule has 0 saturated carbocycles. The highest BCUT2D eigenvalue weighted by Gasteiger charge is 2.37. The molecular weight excluding hydrogens is 431 g/mol. The molecule has 0 amide bonds. The summed E-state index contributed by atoms with van der Waals surface area (Å²) >= 11 is 0. The predicted molar refractivity (Wildman–Crippen MR) is 107 cm³/mol. The van der Waals surface area contributed by atoms with Gasteiger partial charge in [-0.3, -0.25) is 0 Å². The summed E-state index contributed by atoms with van der Waals surface area (Å²) in [5.41, 5.74) is 0.208. The highest BCUT2D eigenvalue weighted by molar-refractivity contribution is 7.89. The summed E-state index contributed by atoms with van der Waals surface area (Å²) in [5, 5.41) is 9.68. The highest BCUT2D eigenvalue weighted by Crippen LogP contribution is 2.32. The Kier molecular flexibility index (Phi) is 5.28. The van der Waals surface area contributed by atoms with Crippen molar-refractivity contribution in [3.63, 3.8) is 0 Å². The summed E-state index contributed by atoms with van der Waals surface area (Å²) < 4.78 is 67.1. The minimum absolute atomic E-state index is 0.0431. The first-order valence-electron chi connectivity index (χ1n) is 9.30. The topological polar surface area (TPSA) is 90.2 Å². The number of aromatic nitrogens is 2. The Bertz CT molecular complexity index is 1280. The molecule has 1 saturated heterocycles. The van der Waals surface area contributed by atoms with Crippen LogP contribution in [0.25, 0.3) is 10.9 Å². The Balaban J connectivity index is 1.64. The molecule has 1 aliphatic rings. The van der Waals surface area contributed by atoms with Gasteiger partial charge in [0.05, 0.1) is 16.0 Å². The van der Waals surface area contributed by atoms with E-state index in [1.807, 2.05) is 6.07 Å². The number of nitrogens with zero attached hydrogens (tertiary/aromatic N) is 5. The van der Waals surface area contributed by atoms with Crippen LogP contribution < -0.4 is 4.90 Å². The molecule has 160 valence electrons. The molecule has 1 aromatic heterocycles. The van der Waals surface area contributed by atoms with Crippen LogP contribution >= 0.6 is 0 Å². The largest absolute Gasteiger partial charge is 0.451 e. The first-order valence-corrected chi connectivity index (χ1v) is 10.7. The van der Waals surface area contributed by atoms with Crippen molar-refractivity contribution >= 4 is 26.7 Å². The van der Waals surface area contributed by atoms with Gasteiger partial charge in [0.15, 0.2) is 0 Å². The van der Waals surface area contributed by atoms with Crippen molar-refractivity contribution in [3.05, 3.63) is 59.9 Å². The zero-order valence-corrected chi connectivity index (χ0v) is 16.9. The Morgan fingerprint density at radius 1 is 0.935 bits per heavy atom. The summed E-state index contributed by atoms with van der Waals surface area (Å²) in [6.07, 6.45) is -4.70. The number of para-hydroxylation sites is 1. The van der Waals surface area contributed by atoms with Gasteiger partial charge in [0.25, 0.3) is 0 Å². The Morgan fingerprint density at radius 3 is 2.26 bits per heavy atom. The minimum Gasteiger partial charge on any atom is -0.353 e. The molecule has 2 heterocycles. The third-order valence-corrected chi connectivity index (χ3v) is 6.96. The number of alkyl halides is 3. The second kappa shape index (κ2) is 7.79. The van der Waals surface area contributed by atoms with Crippen molar-refractivity contribution in [2.75, 3.05) is 31.1 Å². The molecule has 0 spiro atoms. The molecule has 0 N–H and O–H groups in total. The second-order valence-corrected chi connectivity index (χ2v) is 8.79. The fraction of sp³-hybridized carbons (Fsp3) is 0.250. The van der Waals surface area contributed by atoms with Crippen molar-refractivity contribution < 1.29 is 21.6 Å². The van der Waals surface area contributed by atoms with E-state index in [4.69, 9.17) is 0 Å². The molecular formula is C20H16F3N5O2S. The van der Waals surface area contributed by atoms with Crippen LogP contribution in [0, 0.1) is 11.3 Å². The summed E-state index contributed by atoms with van der Waals surface area (Å²) in [6, 6.07) is 14.2. The van der Waals surface area contributed by atoms with Crippen LogP contribution in [-0.4, -0.2) is 48.9 Å². The molecule has 1 fully saturated rings. The third kappa shape index (κ3) is 3.92. The summed E-state index contributed by atoms with van der Waals surface area (Å²) in [5.74, 6) is -1.12. The maximum atomic E-state index is 13.3. The van der Waals surface area contributed by atoms with Crippen molar-refractivity contribution in [3.8, 4) is 6.07 Å². The monoisotopic (exact) mass is 447 g/mol. The van der Waals surface area contributed by atoms with Crippen molar-refractivity contribution in [2.24, 2.45) is 0 Å². The fourth-order valence-corrected chi connectivity index (χ4v) is 5.06. The van der Waals surface area contributed by atoms with Gasteiger partial charge in [0.1, 0.15) is 11.9 Å². The van der Waals surface area contributed by atoms with Crippen LogP contribution in [0.4, 0.5) is 19.0 Å². The standard InChI is InChI=1S/C20H16F3N5O2S/c21-20(22,23)19-25-16-7-3-2-6-15(16)18(26-19)27-9-11-28(12-10-27)31(29,30)17-8-4-1-5-14(17)13-24/h1-8H,9-12H2. The maximum Gasteiger partial charge on any atom is 0.451 e. The van der Waals surface area contributed by atoms with Gasteiger partial charge in [-0.15, -0.1) is 0 Å². The average Bonchev–Trinajstić information content (AvgIpc) is 2.77. The molecule has 2 aromatic carbocycles. The first kappa shape index (κ1) is 21.0. The van der Waals surface area contributed by atoms with E-state index in [9.17, 15) is 26.9 Å². The fourth-order valence-electron chi connectivity index (χ4n) is 3.49. The highest BCUT2D eigenvalue weighted by atomic mass is 32.2. The van der Waals surface area contributed by atoms with E-state index in [2.05, 4.69) is 9.97 Å². The molecule has 0 unspecified atom stereocenters. The molecule has 7 nitrogen and oxygen atoms in total. The number of sulfonamides is 1. The molecule has 31 heavy (non-hydrogen) atoms. The SMILES string of the molecule is N#Cc1ccccc1S(=O)(=O)N1CCN(c2nc(C(F)(F)F)nc3ccccc23)CC1. The lowest BCUT2D eigenvalue weighted by atomic mass is 10.2. The number of halogens is 3. The summed E-state index contributed by atoms with van der Waals surface area (Å²) in [6.45, 7) is 0.377. The number of nitriles is 1. The van der Waals surface area contributed by atoms with E-state index in [-0.39, 0.29) is 48.0 Å². The number of hydrogen-bond donors (Lipinski definition) is 0. The lowest BCUT2D eigenvalue weighted by Gasteiger charge is -2.35. The average molecular weight is 447 g/mol. The number of piperazine rings is 1. The number of rotatable bonds is 3. The lowest BCUT2D eigenvalue weighted by Crippen LogP contribution is -2.49. The Morgan fingerprint density at radius 2 is 1.58 bits per heavy atom. The molecule has 3 aromatic rings. The molecule has 0 aliphatic carbocycles. The van der Waals surface area contributed by atoms with Crippen LogP contribution in [0.15, 0.2) is 53.4 Å². The van der Waals surface area contributed by atoms with Crippen molar-refractivity contribution in [1.82, 2.24) is 14.3 Å². The van der Waals surface area contributed by atoms with Crippen LogP contribution in [0.3, 0.4) is 0 Å². The van der Waals surface area contributed by atoms with Crippen molar-refractivity contribution in [2.45, 2.75) is 11.1 Å². The van der Waals surface area contributed by atoms with E-state index < -0.39 is 22.0 Å². The number of hydrogen-bond acceptors (Lipinski definition) is 6. The quantitative estimate of drug-likeness (QED) is 0.613. The van der Waals surface area contributed by atoms with Crippen LogP contribution in [0.5, 0.6) is 0 Å².